The van der Waals surface area contributed by atoms with Crippen LogP contribution in [0.15, 0.2) is 0 Å². The molecular weight excluding hydrogens is 168 g/mol. The van der Waals surface area contributed by atoms with Gasteiger partial charge in [-0.1, -0.05) is 0 Å². The molecule has 2 atom stereocenters. The van der Waals surface area contributed by atoms with Crippen LogP contribution in [-0.2, 0) is 4.79 Å². The smallest absolute Gasteiger partial charge is 0.220 e. The number of aliphatic hydroxyl groups excluding tert-OH is 1. The normalized spacial score (nSPS) is 24.3. The molecule has 0 aromatic heterocycles. The molecule has 1 fully saturated rings. The van der Waals surface area contributed by atoms with Gasteiger partial charge < -0.3 is 15.7 Å². The summed E-state index contributed by atoms with van der Waals surface area (Å²) in [6.07, 6.45) is 1.66. The van der Waals surface area contributed by atoms with Gasteiger partial charge in [-0.2, -0.15) is 0 Å². The lowest BCUT2D eigenvalue weighted by atomic mass is 10.0. The zero-order chi connectivity index (χ0) is 9.68. The highest BCUT2D eigenvalue weighted by atomic mass is 16.3. The Kier molecular flexibility index (Phi) is 4.18. The molecule has 0 aliphatic carbocycles. The van der Waals surface area contributed by atoms with Crippen LogP contribution in [0, 0.1) is 5.92 Å². The Morgan fingerprint density at radius 2 is 2.54 bits per heavy atom. The summed E-state index contributed by atoms with van der Waals surface area (Å²) < 4.78 is 0. The molecule has 1 saturated heterocycles. The van der Waals surface area contributed by atoms with E-state index in [-0.39, 0.29) is 18.6 Å². The van der Waals surface area contributed by atoms with Gasteiger partial charge in [0.1, 0.15) is 0 Å². The van der Waals surface area contributed by atoms with Gasteiger partial charge >= 0.3 is 0 Å². The zero-order valence-electron chi connectivity index (χ0n) is 8.05. The van der Waals surface area contributed by atoms with Crippen molar-refractivity contribution in [1.82, 2.24) is 10.6 Å². The number of rotatable bonds is 4. The Labute approximate surface area is 78.7 Å². The summed E-state index contributed by atoms with van der Waals surface area (Å²) in [4.78, 5) is 11.3. The van der Waals surface area contributed by atoms with Crippen LogP contribution in [0.3, 0.4) is 0 Å². The summed E-state index contributed by atoms with van der Waals surface area (Å²) in [5.74, 6) is 0.529. The maximum Gasteiger partial charge on any atom is 0.220 e. The topological polar surface area (TPSA) is 61.4 Å². The third-order valence-corrected chi connectivity index (χ3v) is 2.32. The Morgan fingerprint density at radius 1 is 1.77 bits per heavy atom. The molecule has 0 bridgehead atoms. The first-order chi connectivity index (χ1) is 6.22. The van der Waals surface area contributed by atoms with Gasteiger partial charge in [-0.05, 0) is 32.4 Å². The number of hydrogen-bond donors (Lipinski definition) is 3. The van der Waals surface area contributed by atoms with E-state index in [1.165, 1.54) is 0 Å². The summed E-state index contributed by atoms with van der Waals surface area (Å²) in [7, 11) is 0. The van der Waals surface area contributed by atoms with Gasteiger partial charge in [-0.3, -0.25) is 4.79 Å². The summed E-state index contributed by atoms with van der Waals surface area (Å²) >= 11 is 0. The average molecular weight is 186 g/mol. The number of nitrogens with one attached hydrogen (secondary N) is 2. The molecule has 1 amide bonds. The van der Waals surface area contributed by atoms with E-state index >= 15 is 0 Å². The third kappa shape index (κ3) is 3.74. The highest BCUT2D eigenvalue weighted by molar-refractivity contribution is 5.76. The molecule has 0 spiro atoms. The van der Waals surface area contributed by atoms with Gasteiger partial charge in [0.2, 0.25) is 5.91 Å². The van der Waals surface area contributed by atoms with E-state index in [9.17, 15) is 4.79 Å². The predicted octanol–water partition coefficient (Wildman–Crippen LogP) is -0.517. The van der Waals surface area contributed by atoms with Crippen molar-refractivity contribution >= 4 is 5.91 Å². The summed E-state index contributed by atoms with van der Waals surface area (Å²) in [5.41, 5.74) is 0. The van der Waals surface area contributed by atoms with E-state index in [0.29, 0.717) is 12.3 Å². The second kappa shape index (κ2) is 5.19. The van der Waals surface area contributed by atoms with Crippen molar-refractivity contribution in [1.29, 1.82) is 0 Å². The molecule has 0 aromatic carbocycles. The van der Waals surface area contributed by atoms with Crippen LogP contribution >= 0.6 is 0 Å². The van der Waals surface area contributed by atoms with Gasteiger partial charge in [0.05, 0.1) is 6.61 Å². The number of hydrogen-bond acceptors (Lipinski definition) is 3. The Morgan fingerprint density at radius 3 is 3.08 bits per heavy atom. The second-order valence-corrected chi connectivity index (χ2v) is 3.71. The van der Waals surface area contributed by atoms with Crippen molar-refractivity contribution in [2.75, 3.05) is 19.7 Å². The fraction of sp³-hybridized carbons (Fsp3) is 0.889. The molecule has 76 valence electrons. The first kappa shape index (κ1) is 10.5. The van der Waals surface area contributed by atoms with Crippen LogP contribution in [0.25, 0.3) is 0 Å². The van der Waals surface area contributed by atoms with Gasteiger partial charge in [0, 0.05) is 12.5 Å². The number of aliphatic hydroxyl groups is 1. The largest absolute Gasteiger partial charge is 0.394 e. The highest BCUT2D eigenvalue weighted by Crippen LogP contribution is 2.11. The molecule has 4 heteroatoms. The Balaban J connectivity index is 2.16. The molecule has 0 saturated carbocycles. The molecule has 1 heterocycles. The molecule has 2 unspecified atom stereocenters. The highest BCUT2D eigenvalue weighted by Gasteiger charge is 2.18. The quantitative estimate of drug-likeness (QED) is 0.554. The van der Waals surface area contributed by atoms with Crippen molar-refractivity contribution in [2.24, 2.45) is 5.92 Å². The van der Waals surface area contributed by atoms with Gasteiger partial charge in [-0.25, -0.2) is 0 Å². The number of carbonyl (C=O) groups is 1. The standard InChI is InChI=1S/C9H18N2O2/c1-7(6-12)11-9(13)4-8-2-3-10-5-8/h7-8,10,12H,2-6H2,1H3,(H,11,13). The molecule has 0 radical (unpaired) electrons. The fourth-order valence-corrected chi connectivity index (χ4v) is 1.53. The monoisotopic (exact) mass is 186 g/mol. The molecule has 1 aliphatic heterocycles. The Bertz CT molecular complexity index is 167. The lowest BCUT2D eigenvalue weighted by Gasteiger charge is -2.12. The van der Waals surface area contributed by atoms with E-state index in [4.69, 9.17) is 5.11 Å². The maximum absolute atomic E-state index is 11.3. The molecule has 0 aromatic rings. The molecular formula is C9H18N2O2. The van der Waals surface area contributed by atoms with Crippen LogP contribution < -0.4 is 10.6 Å². The van der Waals surface area contributed by atoms with Gasteiger partial charge in [0.25, 0.3) is 0 Å². The van der Waals surface area contributed by atoms with Gasteiger partial charge in [0.15, 0.2) is 0 Å². The second-order valence-electron chi connectivity index (χ2n) is 3.71. The predicted molar refractivity (Wildman–Crippen MR) is 50.3 cm³/mol. The summed E-state index contributed by atoms with van der Waals surface area (Å²) in [5, 5.41) is 14.7. The van der Waals surface area contributed by atoms with Crippen molar-refractivity contribution in [3.8, 4) is 0 Å². The van der Waals surface area contributed by atoms with E-state index in [1.54, 1.807) is 6.92 Å². The minimum Gasteiger partial charge on any atom is -0.394 e. The van der Waals surface area contributed by atoms with Crippen LogP contribution in [0.1, 0.15) is 19.8 Å². The molecule has 3 N–H and O–H groups in total. The minimum absolute atomic E-state index is 0.00859. The van der Waals surface area contributed by atoms with Crippen LogP contribution in [0.5, 0.6) is 0 Å². The van der Waals surface area contributed by atoms with E-state index in [1.807, 2.05) is 0 Å². The Hall–Kier alpha value is -0.610. The summed E-state index contributed by atoms with van der Waals surface area (Å²) in [6.45, 7) is 3.77. The van der Waals surface area contributed by atoms with E-state index in [0.717, 1.165) is 19.5 Å². The SMILES string of the molecule is CC(CO)NC(=O)CC1CCNC1. The van der Waals surface area contributed by atoms with Crippen molar-refractivity contribution in [3.63, 3.8) is 0 Å². The maximum atomic E-state index is 11.3. The molecule has 1 aliphatic rings. The molecule has 13 heavy (non-hydrogen) atoms. The lowest BCUT2D eigenvalue weighted by molar-refractivity contribution is -0.122. The molecule has 4 nitrogen and oxygen atoms in total. The first-order valence-electron chi connectivity index (χ1n) is 4.83. The number of amides is 1. The van der Waals surface area contributed by atoms with E-state index in [2.05, 4.69) is 10.6 Å². The van der Waals surface area contributed by atoms with Gasteiger partial charge in [-0.15, -0.1) is 0 Å². The van der Waals surface area contributed by atoms with Crippen molar-refractivity contribution in [2.45, 2.75) is 25.8 Å². The zero-order valence-corrected chi connectivity index (χ0v) is 8.05. The minimum atomic E-state index is -0.123. The molecule has 1 rings (SSSR count). The first-order valence-corrected chi connectivity index (χ1v) is 4.83. The number of carbonyl (C=O) groups excluding carboxylic acids is 1. The third-order valence-electron chi connectivity index (χ3n) is 2.32. The van der Waals surface area contributed by atoms with E-state index < -0.39 is 0 Å². The fourth-order valence-electron chi connectivity index (χ4n) is 1.53. The lowest BCUT2D eigenvalue weighted by Crippen LogP contribution is -2.36. The van der Waals surface area contributed by atoms with Crippen molar-refractivity contribution < 1.29 is 9.90 Å². The van der Waals surface area contributed by atoms with Crippen LogP contribution in [0.2, 0.25) is 0 Å². The summed E-state index contributed by atoms with van der Waals surface area (Å²) in [6, 6.07) is -0.123. The average Bonchev–Trinajstić information content (AvgIpc) is 2.56. The van der Waals surface area contributed by atoms with Crippen LogP contribution in [0.4, 0.5) is 0 Å². The van der Waals surface area contributed by atoms with Crippen LogP contribution in [-0.4, -0.2) is 36.8 Å². The van der Waals surface area contributed by atoms with Crippen molar-refractivity contribution in [3.05, 3.63) is 0 Å².